The van der Waals surface area contributed by atoms with Crippen molar-refractivity contribution >= 4 is 11.9 Å². The Morgan fingerprint density at radius 1 is 1.32 bits per heavy atom. The van der Waals surface area contributed by atoms with Gasteiger partial charge in [0.25, 0.3) is 0 Å². The van der Waals surface area contributed by atoms with Crippen LogP contribution in [-0.4, -0.2) is 30.1 Å². The van der Waals surface area contributed by atoms with Gasteiger partial charge in [-0.1, -0.05) is 18.2 Å². The van der Waals surface area contributed by atoms with Crippen molar-refractivity contribution in [1.29, 1.82) is 0 Å². The van der Waals surface area contributed by atoms with E-state index in [2.05, 4.69) is 5.32 Å². The van der Waals surface area contributed by atoms with Crippen molar-refractivity contribution in [3.05, 3.63) is 29.8 Å². The van der Waals surface area contributed by atoms with Crippen LogP contribution in [0.15, 0.2) is 24.3 Å². The standard InChI is InChI=1S/C14H19NO4/c1-2-19-14(18)8-5-9-15-13(17)10-11-6-3-4-7-12(11)16/h3-4,6-7,16H,2,5,8-10H2,1H3,(H,15,17). The number of esters is 1. The lowest BCUT2D eigenvalue weighted by molar-refractivity contribution is -0.143. The lowest BCUT2D eigenvalue weighted by atomic mass is 10.1. The molecule has 0 radical (unpaired) electrons. The number of phenols is 1. The van der Waals surface area contributed by atoms with Crippen LogP contribution in [0.5, 0.6) is 5.75 Å². The molecule has 0 fully saturated rings. The maximum absolute atomic E-state index is 11.6. The van der Waals surface area contributed by atoms with E-state index < -0.39 is 0 Å². The zero-order chi connectivity index (χ0) is 14.1. The average Bonchev–Trinajstić information content (AvgIpc) is 2.38. The molecule has 0 aliphatic carbocycles. The molecule has 2 N–H and O–H groups in total. The van der Waals surface area contributed by atoms with Crippen LogP contribution in [0.25, 0.3) is 0 Å². The van der Waals surface area contributed by atoms with Gasteiger partial charge in [-0.25, -0.2) is 0 Å². The minimum atomic E-state index is -0.252. The maximum Gasteiger partial charge on any atom is 0.305 e. The molecule has 0 bridgehead atoms. The van der Waals surface area contributed by atoms with Crippen molar-refractivity contribution in [2.24, 2.45) is 0 Å². The predicted molar refractivity (Wildman–Crippen MR) is 70.7 cm³/mol. The fourth-order valence-electron chi connectivity index (χ4n) is 1.59. The molecule has 0 aliphatic heterocycles. The summed E-state index contributed by atoms with van der Waals surface area (Å²) in [4.78, 5) is 22.7. The number of aromatic hydroxyl groups is 1. The summed E-state index contributed by atoms with van der Waals surface area (Å²) in [6.45, 7) is 2.55. The van der Waals surface area contributed by atoms with E-state index in [9.17, 15) is 14.7 Å². The van der Waals surface area contributed by atoms with E-state index >= 15 is 0 Å². The second kappa shape index (κ2) is 8.13. The summed E-state index contributed by atoms with van der Waals surface area (Å²) in [5.41, 5.74) is 0.588. The molecular formula is C14H19NO4. The molecule has 0 saturated heterocycles. The number of carbonyl (C=O) groups is 2. The molecule has 0 aromatic heterocycles. The second-order valence-electron chi connectivity index (χ2n) is 4.06. The van der Waals surface area contributed by atoms with Gasteiger partial charge >= 0.3 is 5.97 Å². The van der Waals surface area contributed by atoms with Gasteiger partial charge in [-0.2, -0.15) is 0 Å². The molecule has 0 heterocycles. The third-order valence-electron chi connectivity index (χ3n) is 2.53. The Kier molecular flexibility index (Phi) is 6.43. The van der Waals surface area contributed by atoms with E-state index in [-0.39, 0.29) is 24.0 Å². The first-order valence-corrected chi connectivity index (χ1v) is 6.32. The van der Waals surface area contributed by atoms with Crippen molar-refractivity contribution in [2.75, 3.05) is 13.2 Å². The molecule has 1 aromatic carbocycles. The lowest BCUT2D eigenvalue weighted by Crippen LogP contribution is -2.26. The molecular weight excluding hydrogens is 246 g/mol. The number of hydrogen-bond acceptors (Lipinski definition) is 4. The molecule has 1 rings (SSSR count). The fraction of sp³-hybridized carbons (Fsp3) is 0.429. The van der Waals surface area contributed by atoms with Gasteiger partial charge in [0, 0.05) is 18.5 Å². The van der Waals surface area contributed by atoms with Crippen LogP contribution in [0.2, 0.25) is 0 Å². The van der Waals surface area contributed by atoms with Crippen LogP contribution in [-0.2, 0) is 20.7 Å². The van der Waals surface area contributed by atoms with Crippen molar-refractivity contribution in [3.8, 4) is 5.75 Å². The highest BCUT2D eigenvalue weighted by atomic mass is 16.5. The Balaban J connectivity index is 2.22. The van der Waals surface area contributed by atoms with Crippen molar-refractivity contribution in [3.63, 3.8) is 0 Å². The van der Waals surface area contributed by atoms with Crippen LogP contribution in [0.1, 0.15) is 25.3 Å². The van der Waals surface area contributed by atoms with Crippen molar-refractivity contribution in [2.45, 2.75) is 26.2 Å². The van der Waals surface area contributed by atoms with Crippen LogP contribution < -0.4 is 5.32 Å². The first-order valence-electron chi connectivity index (χ1n) is 6.32. The number of benzene rings is 1. The number of carbonyl (C=O) groups excluding carboxylic acids is 2. The summed E-state index contributed by atoms with van der Waals surface area (Å²) in [5.74, 6) is -0.313. The molecule has 5 nitrogen and oxygen atoms in total. The van der Waals surface area contributed by atoms with Gasteiger partial charge in [-0.05, 0) is 19.4 Å². The predicted octanol–water partition coefficient (Wildman–Crippen LogP) is 1.39. The molecule has 0 aliphatic rings. The number of para-hydroxylation sites is 1. The van der Waals surface area contributed by atoms with Crippen molar-refractivity contribution in [1.82, 2.24) is 5.32 Å². The van der Waals surface area contributed by atoms with Crippen molar-refractivity contribution < 1.29 is 19.4 Å². The monoisotopic (exact) mass is 265 g/mol. The van der Waals surface area contributed by atoms with E-state index in [1.807, 2.05) is 0 Å². The summed E-state index contributed by atoms with van der Waals surface area (Å²) in [6.07, 6.45) is 0.974. The van der Waals surface area contributed by atoms with E-state index in [4.69, 9.17) is 4.74 Å². The van der Waals surface area contributed by atoms with Gasteiger partial charge < -0.3 is 15.2 Å². The first-order chi connectivity index (χ1) is 9.13. The number of ether oxygens (including phenoxy) is 1. The van der Waals surface area contributed by atoms with E-state index in [0.717, 1.165) is 0 Å². The Hall–Kier alpha value is -2.04. The second-order valence-corrected chi connectivity index (χ2v) is 4.06. The number of phenolic OH excluding ortho intramolecular Hbond substituents is 1. The third kappa shape index (κ3) is 5.90. The first kappa shape index (κ1) is 15.0. The fourth-order valence-corrected chi connectivity index (χ4v) is 1.59. The largest absolute Gasteiger partial charge is 0.508 e. The quantitative estimate of drug-likeness (QED) is 0.577. The van der Waals surface area contributed by atoms with Crippen LogP contribution >= 0.6 is 0 Å². The summed E-state index contributed by atoms with van der Waals surface area (Å²) >= 11 is 0. The van der Waals surface area contributed by atoms with E-state index in [1.165, 1.54) is 0 Å². The molecule has 19 heavy (non-hydrogen) atoms. The number of rotatable bonds is 7. The highest BCUT2D eigenvalue weighted by Gasteiger charge is 2.07. The zero-order valence-electron chi connectivity index (χ0n) is 11.0. The lowest BCUT2D eigenvalue weighted by Gasteiger charge is -2.06. The Bertz CT molecular complexity index is 431. The Labute approximate surface area is 112 Å². The molecule has 0 atom stereocenters. The Morgan fingerprint density at radius 3 is 2.74 bits per heavy atom. The van der Waals surface area contributed by atoms with Crippen LogP contribution in [0.3, 0.4) is 0 Å². The normalized spacial score (nSPS) is 9.95. The van der Waals surface area contributed by atoms with Gasteiger partial charge in [0.2, 0.25) is 5.91 Å². The third-order valence-corrected chi connectivity index (χ3v) is 2.53. The minimum absolute atomic E-state index is 0.115. The van der Waals surface area contributed by atoms with Crippen LogP contribution in [0, 0.1) is 0 Å². The molecule has 104 valence electrons. The van der Waals surface area contributed by atoms with E-state index in [1.54, 1.807) is 31.2 Å². The number of hydrogen-bond donors (Lipinski definition) is 2. The molecule has 0 spiro atoms. The summed E-state index contributed by atoms with van der Waals surface area (Å²) < 4.78 is 4.78. The van der Waals surface area contributed by atoms with Gasteiger partial charge in [-0.15, -0.1) is 0 Å². The Morgan fingerprint density at radius 2 is 2.05 bits per heavy atom. The van der Waals surface area contributed by atoms with Gasteiger partial charge in [0.15, 0.2) is 0 Å². The maximum atomic E-state index is 11.6. The molecule has 0 unspecified atom stereocenters. The van der Waals surface area contributed by atoms with Crippen LogP contribution in [0.4, 0.5) is 0 Å². The highest BCUT2D eigenvalue weighted by Crippen LogP contribution is 2.15. The number of nitrogens with one attached hydrogen (secondary N) is 1. The summed E-state index contributed by atoms with van der Waals surface area (Å²) in [6, 6.07) is 6.72. The molecule has 0 saturated carbocycles. The molecule has 1 amide bonds. The molecule has 1 aromatic rings. The minimum Gasteiger partial charge on any atom is -0.508 e. The molecule has 5 heteroatoms. The van der Waals surface area contributed by atoms with Gasteiger partial charge in [0.1, 0.15) is 5.75 Å². The number of amides is 1. The van der Waals surface area contributed by atoms with Gasteiger partial charge in [-0.3, -0.25) is 9.59 Å². The average molecular weight is 265 g/mol. The summed E-state index contributed by atoms with van der Waals surface area (Å²) in [7, 11) is 0. The smallest absolute Gasteiger partial charge is 0.305 e. The summed E-state index contributed by atoms with van der Waals surface area (Å²) in [5, 5.41) is 12.2. The zero-order valence-corrected chi connectivity index (χ0v) is 11.0. The SMILES string of the molecule is CCOC(=O)CCCNC(=O)Cc1ccccc1O. The van der Waals surface area contributed by atoms with E-state index in [0.29, 0.717) is 31.6 Å². The van der Waals surface area contributed by atoms with Gasteiger partial charge in [0.05, 0.1) is 13.0 Å². The highest BCUT2D eigenvalue weighted by molar-refractivity contribution is 5.79. The topological polar surface area (TPSA) is 75.6 Å².